The lowest BCUT2D eigenvalue weighted by Gasteiger charge is -2.31. The first-order valence-corrected chi connectivity index (χ1v) is 9.45. The molecule has 0 saturated carbocycles. The Morgan fingerprint density at radius 1 is 1.26 bits per heavy atom. The van der Waals surface area contributed by atoms with Crippen LogP contribution in [0.5, 0.6) is 0 Å². The first-order chi connectivity index (χ1) is 10.9. The number of nitro benzene ring substituents is 1. The quantitative estimate of drug-likeness (QED) is 0.602. The van der Waals surface area contributed by atoms with Gasteiger partial charge in [-0.15, -0.1) is 0 Å². The molecule has 0 unspecified atom stereocenters. The van der Waals surface area contributed by atoms with Crippen LogP contribution in [0.1, 0.15) is 25.3 Å². The summed E-state index contributed by atoms with van der Waals surface area (Å²) in [4.78, 5) is 10.1. The van der Waals surface area contributed by atoms with Gasteiger partial charge in [0.05, 0.1) is 10.7 Å². The summed E-state index contributed by atoms with van der Waals surface area (Å²) in [5.41, 5.74) is 0.542. The van der Waals surface area contributed by atoms with Gasteiger partial charge in [-0.3, -0.25) is 10.1 Å². The maximum Gasteiger partial charge on any atom is 0.269 e. The van der Waals surface area contributed by atoms with Crippen molar-refractivity contribution < 1.29 is 13.3 Å². The molecule has 128 valence electrons. The molecule has 1 aliphatic rings. The third-order valence-corrected chi connectivity index (χ3v) is 6.00. The number of benzene rings is 1. The Labute approximate surface area is 136 Å². The maximum atomic E-state index is 12.5. The van der Waals surface area contributed by atoms with Crippen LogP contribution in [0.15, 0.2) is 24.3 Å². The number of rotatable bonds is 7. The summed E-state index contributed by atoms with van der Waals surface area (Å²) in [6.07, 6.45) is 1.74. The Kier molecular flexibility index (Phi) is 6.09. The lowest BCUT2D eigenvalue weighted by atomic mass is 9.98. The molecule has 0 aromatic heterocycles. The van der Waals surface area contributed by atoms with Gasteiger partial charge >= 0.3 is 0 Å². The molecule has 1 fully saturated rings. The number of sulfonamides is 1. The van der Waals surface area contributed by atoms with Crippen LogP contribution >= 0.6 is 0 Å². The predicted octanol–water partition coefficient (Wildman–Crippen LogP) is 1.75. The van der Waals surface area contributed by atoms with E-state index < -0.39 is 14.9 Å². The number of non-ortho nitro benzene ring substituents is 1. The van der Waals surface area contributed by atoms with Crippen LogP contribution in [0.4, 0.5) is 5.69 Å². The maximum absolute atomic E-state index is 12.5. The van der Waals surface area contributed by atoms with Crippen LogP contribution in [0.3, 0.4) is 0 Å². The first kappa shape index (κ1) is 17.8. The van der Waals surface area contributed by atoms with Crippen molar-refractivity contribution in [2.45, 2.75) is 25.5 Å². The number of hydrogen-bond acceptors (Lipinski definition) is 5. The summed E-state index contributed by atoms with van der Waals surface area (Å²) in [5.74, 6) is 0.420. The number of nitrogens with one attached hydrogen (secondary N) is 1. The van der Waals surface area contributed by atoms with E-state index in [1.807, 2.05) is 0 Å². The average molecular weight is 341 g/mol. The van der Waals surface area contributed by atoms with Crippen molar-refractivity contribution in [3.8, 4) is 0 Å². The van der Waals surface area contributed by atoms with E-state index in [1.54, 1.807) is 0 Å². The fraction of sp³-hybridized carbons (Fsp3) is 0.600. The van der Waals surface area contributed by atoms with E-state index in [9.17, 15) is 18.5 Å². The molecule has 1 aromatic rings. The molecule has 1 N–H and O–H groups in total. The fourth-order valence-electron chi connectivity index (χ4n) is 2.76. The SMILES string of the molecule is CCNCC1CCN(S(=O)(=O)Cc2ccc([N+](=O)[O-])cc2)CC1. The third kappa shape index (κ3) is 4.98. The van der Waals surface area contributed by atoms with Gasteiger partial charge in [-0.2, -0.15) is 0 Å². The molecule has 1 aromatic carbocycles. The summed E-state index contributed by atoms with van der Waals surface area (Å²) in [6, 6.07) is 5.70. The number of hydrogen-bond donors (Lipinski definition) is 1. The predicted molar refractivity (Wildman–Crippen MR) is 88.6 cm³/mol. The lowest BCUT2D eigenvalue weighted by molar-refractivity contribution is -0.384. The van der Waals surface area contributed by atoms with Crippen molar-refractivity contribution >= 4 is 15.7 Å². The van der Waals surface area contributed by atoms with Crippen LogP contribution < -0.4 is 5.32 Å². The Morgan fingerprint density at radius 3 is 2.39 bits per heavy atom. The summed E-state index contributed by atoms with van der Waals surface area (Å²) in [5, 5.41) is 13.9. The first-order valence-electron chi connectivity index (χ1n) is 7.84. The highest BCUT2D eigenvalue weighted by atomic mass is 32.2. The van der Waals surface area contributed by atoms with Crippen molar-refractivity contribution in [3.63, 3.8) is 0 Å². The van der Waals surface area contributed by atoms with Crippen molar-refractivity contribution in [1.29, 1.82) is 0 Å². The highest BCUT2D eigenvalue weighted by molar-refractivity contribution is 7.88. The van der Waals surface area contributed by atoms with Gasteiger partial charge in [-0.1, -0.05) is 19.1 Å². The second kappa shape index (κ2) is 7.85. The zero-order chi connectivity index (χ0) is 16.9. The van der Waals surface area contributed by atoms with Gasteiger partial charge in [0.1, 0.15) is 0 Å². The normalized spacial score (nSPS) is 17.3. The third-order valence-electron chi connectivity index (χ3n) is 4.15. The molecule has 0 bridgehead atoms. The van der Waals surface area contributed by atoms with Gasteiger partial charge < -0.3 is 5.32 Å². The van der Waals surface area contributed by atoms with Crippen LogP contribution in [-0.2, 0) is 15.8 Å². The lowest BCUT2D eigenvalue weighted by Crippen LogP contribution is -2.41. The molecule has 7 nitrogen and oxygen atoms in total. The Balaban J connectivity index is 1.93. The largest absolute Gasteiger partial charge is 0.317 e. The van der Waals surface area contributed by atoms with Gasteiger partial charge in [0, 0.05) is 25.2 Å². The molecule has 0 amide bonds. The molecule has 0 aliphatic carbocycles. The van der Waals surface area contributed by atoms with E-state index in [1.165, 1.54) is 28.6 Å². The smallest absolute Gasteiger partial charge is 0.269 e. The monoisotopic (exact) mass is 341 g/mol. The molecule has 8 heteroatoms. The molecular weight excluding hydrogens is 318 g/mol. The summed E-state index contributed by atoms with van der Waals surface area (Å²) in [6.45, 7) is 5.02. The number of nitro groups is 1. The zero-order valence-electron chi connectivity index (χ0n) is 13.3. The summed E-state index contributed by atoms with van der Waals surface area (Å²) < 4.78 is 26.5. The van der Waals surface area contributed by atoms with E-state index in [2.05, 4.69) is 12.2 Å². The molecule has 23 heavy (non-hydrogen) atoms. The standard InChI is InChI=1S/C15H23N3O4S/c1-2-16-11-13-7-9-17(10-8-13)23(21,22)12-14-3-5-15(6-4-14)18(19)20/h3-6,13,16H,2,7-12H2,1H3. The van der Waals surface area contributed by atoms with Crippen LogP contribution in [-0.4, -0.2) is 43.8 Å². The van der Waals surface area contributed by atoms with E-state index in [4.69, 9.17) is 0 Å². The van der Waals surface area contributed by atoms with Crippen molar-refractivity contribution in [2.24, 2.45) is 5.92 Å². The van der Waals surface area contributed by atoms with Gasteiger partial charge in [0.15, 0.2) is 0 Å². The van der Waals surface area contributed by atoms with Gasteiger partial charge in [-0.25, -0.2) is 12.7 Å². The van der Waals surface area contributed by atoms with E-state index in [-0.39, 0.29) is 11.4 Å². The second-order valence-corrected chi connectivity index (χ2v) is 7.80. The second-order valence-electron chi connectivity index (χ2n) is 5.83. The molecule has 2 rings (SSSR count). The van der Waals surface area contributed by atoms with Crippen molar-refractivity contribution in [3.05, 3.63) is 39.9 Å². The molecule has 1 saturated heterocycles. The topological polar surface area (TPSA) is 92.6 Å². The summed E-state index contributed by atoms with van der Waals surface area (Å²) in [7, 11) is -3.37. The summed E-state index contributed by atoms with van der Waals surface area (Å²) >= 11 is 0. The van der Waals surface area contributed by atoms with Crippen LogP contribution in [0, 0.1) is 16.0 Å². The molecule has 0 atom stereocenters. The minimum Gasteiger partial charge on any atom is -0.317 e. The zero-order valence-corrected chi connectivity index (χ0v) is 14.1. The fourth-order valence-corrected chi connectivity index (χ4v) is 4.32. The molecule has 0 spiro atoms. The van der Waals surface area contributed by atoms with E-state index >= 15 is 0 Å². The highest BCUT2D eigenvalue weighted by Gasteiger charge is 2.28. The van der Waals surface area contributed by atoms with E-state index in [0.29, 0.717) is 24.6 Å². The highest BCUT2D eigenvalue weighted by Crippen LogP contribution is 2.22. The van der Waals surface area contributed by atoms with Gasteiger partial charge in [0.25, 0.3) is 5.69 Å². The molecule has 0 radical (unpaired) electrons. The van der Waals surface area contributed by atoms with Gasteiger partial charge in [0.2, 0.25) is 10.0 Å². The van der Waals surface area contributed by atoms with Crippen LogP contribution in [0.25, 0.3) is 0 Å². The van der Waals surface area contributed by atoms with Gasteiger partial charge in [-0.05, 0) is 37.4 Å². The molecule has 1 heterocycles. The Morgan fingerprint density at radius 2 is 1.87 bits per heavy atom. The Bertz CT molecular complexity index is 623. The number of nitrogens with zero attached hydrogens (tertiary/aromatic N) is 2. The van der Waals surface area contributed by atoms with Crippen molar-refractivity contribution in [2.75, 3.05) is 26.2 Å². The number of piperidine rings is 1. The van der Waals surface area contributed by atoms with Crippen LogP contribution in [0.2, 0.25) is 0 Å². The van der Waals surface area contributed by atoms with Crippen molar-refractivity contribution in [1.82, 2.24) is 9.62 Å². The minimum atomic E-state index is -3.37. The minimum absolute atomic E-state index is 0.0320. The Hall–Kier alpha value is -1.51. The molecule has 1 aliphatic heterocycles. The molecular formula is C15H23N3O4S. The van der Waals surface area contributed by atoms with E-state index in [0.717, 1.165) is 25.9 Å². The average Bonchev–Trinajstić information content (AvgIpc) is 2.53.